The monoisotopic (exact) mass is 564 g/mol. The SMILES string of the molecule is C#CC1(O)[C@@H](O)[C@@H](CO)O[C@H]1n1c(C)cc(NOC2(C#C)[C@@H](O)[C@@H](CO)O[C@H]2n2cc(F)c(N)nc2=O)nc1=O. The number of aryl methyl sites for hydroxylation is 1. The fourth-order valence-electron chi connectivity index (χ4n) is 4.51. The van der Waals surface area contributed by atoms with Gasteiger partial charge in [0.25, 0.3) is 0 Å². The third kappa shape index (κ3) is 4.40. The van der Waals surface area contributed by atoms with E-state index in [1.807, 2.05) is 5.92 Å². The van der Waals surface area contributed by atoms with Crippen molar-refractivity contribution >= 4 is 11.6 Å². The molecule has 16 nitrogen and oxygen atoms in total. The molecule has 0 radical (unpaired) electrons. The lowest BCUT2D eigenvalue weighted by Crippen LogP contribution is -2.51. The summed E-state index contributed by atoms with van der Waals surface area (Å²) < 4.78 is 26.5. The van der Waals surface area contributed by atoms with E-state index in [9.17, 15) is 39.5 Å². The molecule has 0 aromatic carbocycles. The number of aliphatic hydroxyl groups is 5. The Morgan fingerprint density at radius 2 is 1.75 bits per heavy atom. The number of rotatable bonds is 7. The molecule has 2 aromatic heterocycles. The first-order valence-corrected chi connectivity index (χ1v) is 11.5. The lowest BCUT2D eigenvalue weighted by atomic mass is 9.95. The topological polar surface area (TPSA) is 237 Å². The van der Waals surface area contributed by atoms with E-state index in [0.717, 1.165) is 4.57 Å². The van der Waals surface area contributed by atoms with Gasteiger partial charge in [0.2, 0.25) is 5.60 Å². The summed E-state index contributed by atoms with van der Waals surface area (Å²) in [6.07, 6.45) is 2.06. The Morgan fingerprint density at radius 3 is 2.33 bits per heavy atom. The molecular weight excluding hydrogens is 539 g/mol. The molecule has 4 heterocycles. The number of nitrogen functional groups attached to an aromatic ring is 1. The van der Waals surface area contributed by atoms with E-state index in [-0.39, 0.29) is 11.5 Å². The molecule has 8 atom stereocenters. The van der Waals surface area contributed by atoms with Gasteiger partial charge < -0.3 is 40.7 Å². The third-order valence-electron chi connectivity index (χ3n) is 6.66. The molecule has 2 aromatic rings. The van der Waals surface area contributed by atoms with Crippen molar-refractivity contribution < 1.29 is 44.2 Å². The zero-order chi connectivity index (χ0) is 29.6. The first-order chi connectivity index (χ1) is 18.9. The molecule has 40 heavy (non-hydrogen) atoms. The smallest absolute Gasteiger partial charge is 0.352 e. The molecule has 2 fully saturated rings. The number of ether oxygens (including phenoxy) is 2. The summed E-state index contributed by atoms with van der Waals surface area (Å²) in [5.41, 5.74) is 0.797. The number of hydrogen-bond acceptors (Lipinski definition) is 14. The molecule has 0 aliphatic carbocycles. The normalized spacial score (nSPS) is 33.4. The van der Waals surface area contributed by atoms with E-state index in [1.54, 1.807) is 0 Å². The van der Waals surface area contributed by atoms with Crippen molar-refractivity contribution in [3.63, 3.8) is 0 Å². The van der Waals surface area contributed by atoms with Gasteiger partial charge in [0, 0.05) is 11.8 Å². The predicted octanol–water partition coefficient (Wildman–Crippen LogP) is -3.89. The lowest BCUT2D eigenvalue weighted by molar-refractivity contribution is -0.0978. The highest BCUT2D eigenvalue weighted by Gasteiger charge is 2.59. The van der Waals surface area contributed by atoms with Crippen LogP contribution < -0.4 is 22.6 Å². The van der Waals surface area contributed by atoms with Crippen molar-refractivity contribution in [2.45, 2.75) is 55.0 Å². The highest BCUT2D eigenvalue weighted by Crippen LogP contribution is 2.41. The van der Waals surface area contributed by atoms with Crippen molar-refractivity contribution in [2.24, 2.45) is 0 Å². The van der Waals surface area contributed by atoms with Crippen LogP contribution in [0.1, 0.15) is 18.1 Å². The fourth-order valence-corrected chi connectivity index (χ4v) is 4.51. The van der Waals surface area contributed by atoms with Gasteiger partial charge in [-0.25, -0.2) is 24.3 Å². The summed E-state index contributed by atoms with van der Waals surface area (Å²) in [5.74, 6) is 2.01. The van der Waals surface area contributed by atoms with Crippen LogP contribution >= 0.6 is 0 Å². The molecule has 2 aliphatic heterocycles. The van der Waals surface area contributed by atoms with Crippen LogP contribution in [0.2, 0.25) is 0 Å². The van der Waals surface area contributed by atoms with Gasteiger partial charge in [-0.05, 0) is 6.92 Å². The van der Waals surface area contributed by atoms with Gasteiger partial charge in [0.15, 0.2) is 35.5 Å². The Labute approximate surface area is 224 Å². The van der Waals surface area contributed by atoms with E-state index in [1.165, 1.54) is 13.0 Å². The maximum Gasteiger partial charge on any atom is 0.352 e. The molecule has 2 unspecified atom stereocenters. The molecule has 0 saturated carbocycles. The highest BCUT2D eigenvalue weighted by molar-refractivity contribution is 5.35. The van der Waals surface area contributed by atoms with Crippen LogP contribution in [-0.4, -0.2) is 93.5 Å². The molecule has 17 heteroatoms. The van der Waals surface area contributed by atoms with Gasteiger partial charge in [-0.15, -0.1) is 12.8 Å². The summed E-state index contributed by atoms with van der Waals surface area (Å²) >= 11 is 0. The largest absolute Gasteiger partial charge is 0.394 e. The lowest BCUT2D eigenvalue weighted by Gasteiger charge is -2.31. The molecule has 8 N–H and O–H groups in total. The Morgan fingerprint density at radius 1 is 1.12 bits per heavy atom. The number of hydrogen-bond donors (Lipinski definition) is 7. The molecule has 2 saturated heterocycles. The molecule has 4 rings (SSSR count). The number of halogens is 1. The minimum absolute atomic E-state index is 0.0688. The first-order valence-electron chi connectivity index (χ1n) is 11.5. The zero-order valence-electron chi connectivity index (χ0n) is 20.7. The first kappa shape index (κ1) is 29.1. The number of aliphatic hydroxyl groups excluding tert-OH is 4. The fraction of sp³-hybridized carbons (Fsp3) is 0.478. The second-order valence-corrected chi connectivity index (χ2v) is 9.02. The minimum Gasteiger partial charge on any atom is -0.394 e. The summed E-state index contributed by atoms with van der Waals surface area (Å²) in [5, 5.41) is 51.0. The predicted molar refractivity (Wildman–Crippen MR) is 130 cm³/mol. The quantitative estimate of drug-likeness (QED) is 0.126. The van der Waals surface area contributed by atoms with Gasteiger partial charge in [-0.2, -0.15) is 9.97 Å². The highest BCUT2D eigenvalue weighted by atomic mass is 19.1. The summed E-state index contributed by atoms with van der Waals surface area (Å²) in [6, 6.07) is 1.21. The molecule has 0 bridgehead atoms. The number of anilines is 2. The Bertz CT molecular complexity index is 1500. The van der Waals surface area contributed by atoms with E-state index in [0.29, 0.717) is 10.8 Å². The van der Waals surface area contributed by atoms with Crippen LogP contribution in [0.15, 0.2) is 21.9 Å². The van der Waals surface area contributed by atoms with E-state index >= 15 is 0 Å². The van der Waals surface area contributed by atoms with Gasteiger partial charge in [-0.1, -0.05) is 11.8 Å². The van der Waals surface area contributed by atoms with Gasteiger partial charge in [0.05, 0.1) is 19.4 Å². The molecule has 0 spiro atoms. The number of terminal acetylenes is 2. The third-order valence-corrected chi connectivity index (χ3v) is 6.66. The summed E-state index contributed by atoms with van der Waals surface area (Å²) in [7, 11) is 0. The Balaban J connectivity index is 1.69. The average molecular weight is 564 g/mol. The maximum absolute atomic E-state index is 14.2. The standard InChI is InChI=1S/C23H25FN6O10/c1-4-22(37)15(33)12(8-31)38-18(22)30-10(3)6-14(26-21(30)36)28-40-23(5-2)16(34)13(9-32)39-19(23)29-7-11(24)17(25)27-20(29)35/h1-2,6-7,12-13,15-16,18-19,31-34,37H,8-9H2,3H3,(H2,25,27,35)(H,26,28,36)/t12-,13-,15+,16+,18-,19-,22?,23?/m1/s1. The van der Waals surface area contributed by atoms with Crippen molar-refractivity contribution in [1.82, 2.24) is 19.1 Å². The van der Waals surface area contributed by atoms with Crippen LogP contribution in [0, 0.1) is 37.4 Å². The zero-order valence-corrected chi connectivity index (χ0v) is 20.7. The van der Waals surface area contributed by atoms with Gasteiger partial charge in [0.1, 0.15) is 24.4 Å². The molecular formula is C23H25FN6O10. The Hall–Kier alpha value is -3.91. The van der Waals surface area contributed by atoms with Crippen molar-refractivity contribution in [3.8, 4) is 24.7 Å². The van der Waals surface area contributed by atoms with Gasteiger partial charge in [-0.3, -0.25) is 9.13 Å². The number of nitrogens with one attached hydrogen (secondary N) is 1. The second-order valence-electron chi connectivity index (χ2n) is 9.02. The van der Waals surface area contributed by atoms with Crippen LogP contribution in [-0.2, 0) is 14.3 Å². The van der Waals surface area contributed by atoms with Crippen LogP contribution in [0.25, 0.3) is 0 Å². The maximum atomic E-state index is 14.2. The molecule has 2 aliphatic rings. The van der Waals surface area contributed by atoms with E-state index in [4.69, 9.17) is 32.9 Å². The minimum atomic E-state index is -2.39. The number of nitrogens with two attached hydrogens (primary N) is 1. The number of aromatic nitrogens is 4. The van der Waals surface area contributed by atoms with Gasteiger partial charge >= 0.3 is 11.4 Å². The van der Waals surface area contributed by atoms with Crippen molar-refractivity contribution in [1.29, 1.82) is 0 Å². The van der Waals surface area contributed by atoms with Crippen molar-refractivity contribution in [2.75, 3.05) is 24.4 Å². The van der Waals surface area contributed by atoms with E-state index in [2.05, 4.69) is 21.4 Å². The Kier molecular flexibility index (Phi) is 7.69. The van der Waals surface area contributed by atoms with Crippen LogP contribution in [0.5, 0.6) is 0 Å². The molecule has 0 amide bonds. The second kappa shape index (κ2) is 10.6. The van der Waals surface area contributed by atoms with Crippen LogP contribution in [0.4, 0.5) is 16.0 Å². The van der Waals surface area contributed by atoms with E-state index < -0.39 is 84.3 Å². The van der Waals surface area contributed by atoms with Crippen molar-refractivity contribution in [3.05, 3.63) is 44.7 Å². The average Bonchev–Trinajstić information content (AvgIpc) is 3.35. The number of nitrogens with zero attached hydrogens (tertiary/aromatic N) is 4. The molecule has 214 valence electrons. The van der Waals surface area contributed by atoms with Crippen LogP contribution in [0.3, 0.4) is 0 Å². The summed E-state index contributed by atoms with van der Waals surface area (Å²) in [6.45, 7) is -0.0935. The summed E-state index contributed by atoms with van der Waals surface area (Å²) in [4.78, 5) is 38.0.